The maximum Gasteiger partial charge on any atom is 0.213 e. The number of rotatable bonds is 4. The lowest BCUT2D eigenvalue weighted by Gasteiger charge is -2.38. The number of hydrogen-bond donors (Lipinski definition) is 1. The normalized spacial score (nSPS) is 34.9. The van der Waals surface area contributed by atoms with Crippen molar-refractivity contribution in [2.75, 3.05) is 7.05 Å². The molecule has 2 aliphatic carbocycles. The van der Waals surface area contributed by atoms with Gasteiger partial charge in [-0.25, -0.2) is 4.98 Å². The van der Waals surface area contributed by atoms with Gasteiger partial charge in [0, 0.05) is 23.7 Å². The predicted molar refractivity (Wildman–Crippen MR) is 85.4 cm³/mol. The zero-order valence-corrected chi connectivity index (χ0v) is 13.9. The Bertz CT molecular complexity index is 528. The Balaban J connectivity index is 1.79. The molecule has 0 aromatic carbocycles. The number of ether oxygens (including phenoxy) is 1. The summed E-state index contributed by atoms with van der Waals surface area (Å²) >= 11 is 0. The molecule has 1 heterocycles. The van der Waals surface area contributed by atoms with Gasteiger partial charge in [-0.3, -0.25) is 0 Å². The Morgan fingerprint density at radius 2 is 2.14 bits per heavy atom. The van der Waals surface area contributed by atoms with E-state index in [4.69, 9.17) is 4.74 Å². The number of aromatic nitrogens is 1. The van der Waals surface area contributed by atoms with Gasteiger partial charge in [0.25, 0.3) is 0 Å². The summed E-state index contributed by atoms with van der Waals surface area (Å²) in [5.41, 5.74) is 1.90. The van der Waals surface area contributed by atoms with E-state index in [0.29, 0.717) is 17.6 Å². The minimum atomic E-state index is 0.282. The quantitative estimate of drug-likeness (QED) is 0.910. The number of nitrogens with zero attached hydrogens (tertiary/aromatic N) is 1. The second-order valence-electron chi connectivity index (χ2n) is 7.65. The zero-order chi connectivity index (χ0) is 15.3. The zero-order valence-electron chi connectivity index (χ0n) is 13.9. The summed E-state index contributed by atoms with van der Waals surface area (Å²) in [6, 6.07) is 4.46. The largest absolute Gasteiger partial charge is 0.474 e. The Labute approximate surface area is 128 Å². The minimum absolute atomic E-state index is 0.282. The molecule has 2 aliphatic rings. The average molecular weight is 288 g/mol. The van der Waals surface area contributed by atoms with Gasteiger partial charge in [-0.2, -0.15) is 0 Å². The van der Waals surface area contributed by atoms with Gasteiger partial charge in [0.2, 0.25) is 5.88 Å². The van der Waals surface area contributed by atoms with Crippen molar-refractivity contribution < 1.29 is 4.74 Å². The van der Waals surface area contributed by atoms with Crippen molar-refractivity contribution in [3.8, 4) is 5.88 Å². The van der Waals surface area contributed by atoms with Crippen molar-refractivity contribution in [1.29, 1.82) is 0 Å². The van der Waals surface area contributed by atoms with Crippen LogP contribution in [0.25, 0.3) is 0 Å². The molecule has 21 heavy (non-hydrogen) atoms. The van der Waals surface area contributed by atoms with Crippen LogP contribution < -0.4 is 10.1 Å². The summed E-state index contributed by atoms with van der Waals surface area (Å²) in [6.07, 6.45) is 5.98. The lowest BCUT2D eigenvalue weighted by atomic mass is 9.70. The molecule has 3 heteroatoms. The third kappa shape index (κ3) is 2.17. The molecule has 0 spiro atoms. The van der Waals surface area contributed by atoms with E-state index in [2.05, 4.69) is 50.1 Å². The number of fused-ring (bicyclic) bond motifs is 2. The topological polar surface area (TPSA) is 34.2 Å². The summed E-state index contributed by atoms with van der Waals surface area (Å²) in [4.78, 5) is 4.43. The Hall–Kier alpha value is -1.09. The first kappa shape index (κ1) is 14.8. The van der Waals surface area contributed by atoms with E-state index < -0.39 is 0 Å². The van der Waals surface area contributed by atoms with Gasteiger partial charge in [0.05, 0.1) is 0 Å². The predicted octanol–water partition coefficient (Wildman–Crippen LogP) is 3.96. The van der Waals surface area contributed by atoms with E-state index in [1.807, 2.05) is 13.2 Å². The molecule has 116 valence electrons. The van der Waals surface area contributed by atoms with Crippen LogP contribution in [0.2, 0.25) is 0 Å². The molecule has 0 amide bonds. The van der Waals surface area contributed by atoms with Gasteiger partial charge in [0.1, 0.15) is 6.10 Å². The highest BCUT2D eigenvalue weighted by Crippen LogP contribution is 2.66. The van der Waals surface area contributed by atoms with Crippen LogP contribution in [0.4, 0.5) is 0 Å². The maximum absolute atomic E-state index is 6.34. The molecule has 1 N–H and O–H groups in total. The highest BCUT2D eigenvalue weighted by Gasteiger charge is 2.62. The Morgan fingerprint density at radius 3 is 2.71 bits per heavy atom. The van der Waals surface area contributed by atoms with Gasteiger partial charge >= 0.3 is 0 Å². The van der Waals surface area contributed by atoms with Crippen molar-refractivity contribution in [1.82, 2.24) is 10.3 Å². The van der Waals surface area contributed by atoms with Crippen LogP contribution in [0.15, 0.2) is 18.3 Å². The molecule has 2 saturated carbocycles. The smallest absolute Gasteiger partial charge is 0.213 e. The van der Waals surface area contributed by atoms with Crippen LogP contribution in [-0.4, -0.2) is 18.1 Å². The van der Waals surface area contributed by atoms with E-state index in [1.54, 1.807) is 0 Å². The standard InChI is InChI=1S/C18H28N2O/c1-12(19-5)13-7-9-20-16(10-13)21-15-11-14-6-8-18(15,4)17(14,2)3/h7,9-10,12,14-15,19H,6,8,11H2,1-5H3. The van der Waals surface area contributed by atoms with Crippen molar-refractivity contribution in [3.05, 3.63) is 23.9 Å². The number of pyridine rings is 1. The van der Waals surface area contributed by atoms with Crippen LogP contribution in [0.5, 0.6) is 5.88 Å². The van der Waals surface area contributed by atoms with Crippen LogP contribution >= 0.6 is 0 Å². The molecule has 4 unspecified atom stereocenters. The summed E-state index contributed by atoms with van der Waals surface area (Å²) in [6.45, 7) is 9.40. The molecule has 1 aromatic heterocycles. The molecule has 3 rings (SSSR count). The van der Waals surface area contributed by atoms with E-state index >= 15 is 0 Å². The van der Waals surface area contributed by atoms with Gasteiger partial charge < -0.3 is 10.1 Å². The SMILES string of the molecule is CNC(C)c1ccnc(OC2CC3CCC2(C)C3(C)C)c1. The summed E-state index contributed by atoms with van der Waals surface area (Å²) in [7, 11) is 1.98. The van der Waals surface area contributed by atoms with Crippen molar-refractivity contribution in [2.45, 2.75) is 59.1 Å². The monoisotopic (exact) mass is 288 g/mol. The van der Waals surface area contributed by atoms with Gasteiger partial charge in [-0.1, -0.05) is 20.8 Å². The maximum atomic E-state index is 6.34. The molecular formula is C18H28N2O. The lowest BCUT2D eigenvalue weighted by molar-refractivity contribution is 0.0272. The van der Waals surface area contributed by atoms with Crippen molar-refractivity contribution in [2.24, 2.45) is 16.7 Å². The molecular weight excluding hydrogens is 260 g/mol. The number of nitrogens with one attached hydrogen (secondary N) is 1. The van der Waals surface area contributed by atoms with Crippen LogP contribution in [-0.2, 0) is 0 Å². The first-order chi connectivity index (χ1) is 9.88. The molecule has 0 radical (unpaired) electrons. The van der Waals surface area contributed by atoms with Gasteiger partial charge in [0.15, 0.2) is 0 Å². The van der Waals surface area contributed by atoms with E-state index in [-0.39, 0.29) is 5.41 Å². The summed E-state index contributed by atoms with van der Waals surface area (Å²) < 4.78 is 6.34. The highest BCUT2D eigenvalue weighted by molar-refractivity contribution is 5.24. The fourth-order valence-corrected chi connectivity index (χ4v) is 4.38. The fraction of sp³-hybridized carbons (Fsp3) is 0.722. The van der Waals surface area contributed by atoms with Crippen molar-refractivity contribution in [3.63, 3.8) is 0 Å². The molecule has 2 fully saturated rings. The highest BCUT2D eigenvalue weighted by atomic mass is 16.5. The fourth-order valence-electron chi connectivity index (χ4n) is 4.38. The first-order valence-electron chi connectivity index (χ1n) is 8.18. The molecule has 0 aliphatic heterocycles. The Kier molecular flexibility index (Phi) is 3.52. The lowest BCUT2D eigenvalue weighted by Crippen LogP contribution is -2.39. The Morgan fingerprint density at radius 1 is 1.38 bits per heavy atom. The average Bonchev–Trinajstić information content (AvgIpc) is 2.80. The van der Waals surface area contributed by atoms with Crippen molar-refractivity contribution >= 4 is 0 Å². The molecule has 4 atom stereocenters. The van der Waals surface area contributed by atoms with Crippen LogP contribution in [0, 0.1) is 16.7 Å². The molecule has 1 aromatic rings. The van der Waals surface area contributed by atoms with Gasteiger partial charge in [-0.05, 0) is 56.2 Å². The summed E-state index contributed by atoms with van der Waals surface area (Å²) in [5, 5.41) is 3.27. The second kappa shape index (κ2) is 4.98. The number of hydrogen-bond acceptors (Lipinski definition) is 3. The van der Waals surface area contributed by atoms with Crippen LogP contribution in [0.3, 0.4) is 0 Å². The van der Waals surface area contributed by atoms with E-state index in [1.165, 1.54) is 24.8 Å². The third-order valence-electron chi connectivity index (χ3n) is 6.67. The minimum Gasteiger partial charge on any atom is -0.474 e. The third-order valence-corrected chi connectivity index (χ3v) is 6.67. The molecule has 2 bridgehead atoms. The van der Waals surface area contributed by atoms with E-state index in [9.17, 15) is 0 Å². The molecule has 3 nitrogen and oxygen atoms in total. The van der Waals surface area contributed by atoms with E-state index in [0.717, 1.165) is 11.8 Å². The first-order valence-corrected chi connectivity index (χ1v) is 8.18. The summed E-state index contributed by atoms with van der Waals surface area (Å²) in [5.74, 6) is 1.58. The van der Waals surface area contributed by atoms with Crippen LogP contribution in [0.1, 0.15) is 58.6 Å². The molecule has 0 saturated heterocycles. The second-order valence-corrected chi connectivity index (χ2v) is 7.65. The van der Waals surface area contributed by atoms with Gasteiger partial charge in [-0.15, -0.1) is 0 Å².